The highest BCUT2D eigenvalue weighted by Crippen LogP contribution is 2.27. The molecule has 0 aliphatic carbocycles. The summed E-state index contributed by atoms with van der Waals surface area (Å²) < 4.78 is 0. The molecular formula is C14H23N3. The Bertz CT molecular complexity index is 339. The van der Waals surface area contributed by atoms with Crippen molar-refractivity contribution in [2.24, 2.45) is 10.1 Å². The van der Waals surface area contributed by atoms with Crippen LogP contribution in [0.4, 0.5) is 0 Å². The van der Waals surface area contributed by atoms with Crippen LogP contribution in [0, 0.1) is 0 Å². The van der Waals surface area contributed by atoms with Crippen molar-refractivity contribution >= 4 is 12.6 Å². The van der Waals surface area contributed by atoms with Gasteiger partial charge in [-0.3, -0.25) is 4.99 Å². The molecule has 1 rings (SSSR count). The molecule has 0 aromatic heterocycles. The maximum Gasteiger partial charge on any atom is 0.120 e. The van der Waals surface area contributed by atoms with E-state index in [9.17, 15) is 0 Å². The minimum Gasteiger partial charge on any atom is -0.271 e. The fraction of sp³-hybridized carbons (Fsp3) is 0.571. The Kier molecular flexibility index (Phi) is 5.67. The lowest BCUT2D eigenvalue weighted by molar-refractivity contribution is 0.389. The molecule has 1 aliphatic rings. The van der Waals surface area contributed by atoms with Gasteiger partial charge in [0.05, 0.1) is 6.04 Å². The molecule has 3 heteroatoms. The van der Waals surface area contributed by atoms with E-state index in [1.54, 1.807) is 0 Å². The molecule has 1 atom stereocenters. The molecule has 1 heterocycles. The molecule has 0 N–H and O–H groups in total. The molecule has 0 aromatic carbocycles. The van der Waals surface area contributed by atoms with E-state index in [4.69, 9.17) is 0 Å². The number of aliphatic imine (C=N–C) groups is 1. The summed E-state index contributed by atoms with van der Waals surface area (Å²) in [6, 6.07) is 0.346. The Morgan fingerprint density at radius 3 is 2.82 bits per heavy atom. The molecule has 0 radical (unpaired) electrons. The molecule has 17 heavy (non-hydrogen) atoms. The summed E-state index contributed by atoms with van der Waals surface area (Å²) in [4.78, 5) is 4.49. The van der Waals surface area contributed by atoms with Gasteiger partial charge in [-0.1, -0.05) is 25.2 Å². The SMILES string of the molecule is C=NN1C(=NCC)CCC1/C(=C/C=C\C)CC. The van der Waals surface area contributed by atoms with E-state index >= 15 is 0 Å². The van der Waals surface area contributed by atoms with Crippen LogP contribution in [-0.2, 0) is 0 Å². The number of amidine groups is 1. The zero-order valence-corrected chi connectivity index (χ0v) is 11.2. The maximum absolute atomic E-state index is 4.49. The van der Waals surface area contributed by atoms with E-state index in [2.05, 4.69) is 48.9 Å². The molecule has 0 saturated carbocycles. The van der Waals surface area contributed by atoms with Gasteiger partial charge in [-0.05, 0) is 32.3 Å². The minimum absolute atomic E-state index is 0.346. The second kappa shape index (κ2) is 7.05. The Hall–Kier alpha value is -1.38. The first-order valence-electron chi connectivity index (χ1n) is 6.39. The predicted molar refractivity (Wildman–Crippen MR) is 75.6 cm³/mol. The second-order valence-corrected chi connectivity index (χ2v) is 4.05. The monoisotopic (exact) mass is 233 g/mol. The Balaban J connectivity index is 2.91. The zero-order valence-electron chi connectivity index (χ0n) is 11.2. The number of hydrazone groups is 1. The van der Waals surface area contributed by atoms with Crippen LogP contribution in [0.1, 0.15) is 40.0 Å². The quantitative estimate of drug-likeness (QED) is 0.528. The number of hydrogen-bond donors (Lipinski definition) is 0. The van der Waals surface area contributed by atoms with Crippen molar-refractivity contribution in [3.8, 4) is 0 Å². The summed E-state index contributed by atoms with van der Waals surface area (Å²) in [5.74, 6) is 1.08. The van der Waals surface area contributed by atoms with Crippen LogP contribution in [0.25, 0.3) is 0 Å². The normalized spacial score (nSPS) is 23.9. The molecule has 0 spiro atoms. The Morgan fingerprint density at radius 1 is 1.53 bits per heavy atom. The summed E-state index contributed by atoms with van der Waals surface area (Å²) in [6.45, 7) is 10.8. The van der Waals surface area contributed by atoms with E-state index in [1.807, 2.05) is 11.9 Å². The molecule has 0 aromatic rings. The highest BCUT2D eigenvalue weighted by Gasteiger charge is 2.30. The van der Waals surface area contributed by atoms with Gasteiger partial charge in [0.15, 0.2) is 0 Å². The third-order valence-corrected chi connectivity index (χ3v) is 3.03. The smallest absolute Gasteiger partial charge is 0.120 e. The van der Waals surface area contributed by atoms with Crippen molar-refractivity contribution in [3.63, 3.8) is 0 Å². The van der Waals surface area contributed by atoms with E-state index < -0.39 is 0 Å². The molecule has 1 fully saturated rings. The lowest BCUT2D eigenvalue weighted by atomic mass is 10.0. The van der Waals surface area contributed by atoms with Crippen molar-refractivity contribution in [1.82, 2.24) is 5.01 Å². The lowest BCUT2D eigenvalue weighted by Gasteiger charge is -2.23. The van der Waals surface area contributed by atoms with Gasteiger partial charge in [-0.15, -0.1) is 0 Å². The van der Waals surface area contributed by atoms with Crippen molar-refractivity contribution in [2.75, 3.05) is 6.54 Å². The number of nitrogens with zero attached hydrogens (tertiary/aromatic N) is 3. The fourth-order valence-electron chi connectivity index (χ4n) is 2.22. The molecule has 1 aliphatic heterocycles. The summed E-state index contributed by atoms with van der Waals surface area (Å²) in [5.41, 5.74) is 1.40. The number of allylic oxidation sites excluding steroid dienone is 3. The van der Waals surface area contributed by atoms with Gasteiger partial charge in [-0.2, -0.15) is 5.10 Å². The molecular weight excluding hydrogens is 210 g/mol. The number of rotatable bonds is 5. The van der Waals surface area contributed by atoms with E-state index in [0.29, 0.717) is 6.04 Å². The molecule has 3 nitrogen and oxygen atoms in total. The standard InChI is InChI=1S/C14H23N3/c1-5-8-9-12(6-2)13-10-11-14(16-7-3)17(13)15-4/h5,8-9,13H,4,6-7,10-11H2,1-3H3/b8-5-,12-9+,16-14?. The lowest BCUT2D eigenvalue weighted by Crippen LogP contribution is -2.29. The van der Waals surface area contributed by atoms with Gasteiger partial charge in [-0.25, -0.2) is 5.01 Å². The van der Waals surface area contributed by atoms with Gasteiger partial charge < -0.3 is 0 Å². The Labute approximate surface area is 105 Å². The highest BCUT2D eigenvalue weighted by molar-refractivity contribution is 5.85. The second-order valence-electron chi connectivity index (χ2n) is 4.05. The highest BCUT2D eigenvalue weighted by atomic mass is 15.5. The van der Waals surface area contributed by atoms with Crippen molar-refractivity contribution in [3.05, 3.63) is 23.8 Å². The van der Waals surface area contributed by atoms with Crippen LogP contribution in [0.2, 0.25) is 0 Å². The average Bonchev–Trinajstić information content (AvgIpc) is 2.74. The third-order valence-electron chi connectivity index (χ3n) is 3.03. The molecule has 1 saturated heterocycles. The van der Waals surface area contributed by atoms with Crippen molar-refractivity contribution < 1.29 is 0 Å². The number of hydrogen-bond acceptors (Lipinski definition) is 2. The maximum atomic E-state index is 4.49. The summed E-state index contributed by atoms with van der Waals surface area (Å²) >= 11 is 0. The van der Waals surface area contributed by atoms with Crippen molar-refractivity contribution in [1.29, 1.82) is 0 Å². The largest absolute Gasteiger partial charge is 0.271 e. The fourth-order valence-corrected chi connectivity index (χ4v) is 2.22. The minimum atomic E-state index is 0.346. The first-order chi connectivity index (χ1) is 8.28. The average molecular weight is 233 g/mol. The van der Waals surface area contributed by atoms with Gasteiger partial charge in [0, 0.05) is 19.7 Å². The van der Waals surface area contributed by atoms with Crippen LogP contribution in [0.5, 0.6) is 0 Å². The van der Waals surface area contributed by atoms with Gasteiger partial charge >= 0.3 is 0 Å². The van der Waals surface area contributed by atoms with E-state index in [-0.39, 0.29) is 0 Å². The molecule has 1 unspecified atom stereocenters. The first kappa shape index (κ1) is 13.7. The summed E-state index contributed by atoms with van der Waals surface area (Å²) in [5, 5.41) is 6.12. The van der Waals surface area contributed by atoms with Crippen LogP contribution in [0.3, 0.4) is 0 Å². The predicted octanol–water partition coefficient (Wildman–Crippen LogP) is 3.40. The topological polar surface area (TPSA) is 28.0 Å². The van der Waals surface area contributed by atoms with Crippen LogP contribution in [0.15, 0.2) is 33.9 Å². The van der Waals surface area contributed by atoms with E-state index in [0.717, 1.165) is 31.6 Å². The van der Waals surface area contributed by atoms with Gasteiger partial charge in [0.2, 0.25) is 0 Å². The summed E-state index contributed by atoms with van der Waals surface area (Å²) in [7, 11) is 0. The summed E-state index contributed by atoms with van der Waals surface area (Å²) in [6.07, 6.45) is 9.48. The molecule has 0 bridgehead atoms. The molecule has 94 valence electrons. The third kappa shape index (κ3) is 3.29. The molecule has 0 amide bonds. The van der Waals surface area contributed by atoms with Crippen LogP contribution in [-0.4, -0.2) is 30.1 Å². The van der Waals surface area contributed by atoms with Gasteiger partial charge in [0.1, 0.15) is 5.84 Å². The first-order valence-corrected chi connectivity index (χ1v) is 6.39. The zero-order chi connectivity index (χ0) is 12.7. The van der Waals surface area contributed by atoms with Gasteiger partial charge in [0.25, 0.3) is 0 Å². The van der Waals surface area contributed by atoms with E-state index in [1.165, 1.54) is 5.57 Å². The van der Waals surface area contributed by atoms with Crippen LogP contribution < -0.4 is 0 Å². The van der Waals surface area contributed by atoms with Crippen molar-refractivity contribution in [2.45, 2.75) is 46.1 Å². The van der Waals surface area contributed by atoms with Crippen LogP contribution >= 0.6 is 0 Å². The Morgan fingerprint density at radius 2 is 2.29 bits per heavy atom.